The number of alkyl halides is 2. The van der Waals surface area contributed by atoms with Gasteiger partial charge in [0.2, 0.25) is 5.88 Å². The van der Waals surface area contributed by atoms with Crippen LogP contribution in [0.25, 0.3) is 10.9 Å². The molecule has 2 aromatic heterocycles. The third-order valence-electron chi connectivity index (χ3n) is 5.12. The molecule has 0 unspecified atom stereocenters. The van der Waals surface area contributed by atoms with Crippen LogP contribution in [0.1, 0.15) is 5.56 Å². The summed E-state index contributed by atoms with van der Waals surface area (Å²) in [4.78, 5) is 3.92. The minimum atomic E-state index is -4.15. The number of nitrogens with one attached hydrogen (secondary N) is 2. The van der Waals surface area contributed by atoms with E-state index in [9.17, 15) is 17.2 Å². The molecule has 0 saturated heterocycles. The van der Waals surface area contributed by atoms with Crippen molar-refractivity contribution >= 4 is 56.3 Å². The molecule has 0 radical (unpaired) electrons. The Kier molecular flexibility index (Phi) is 8.62. The lowest BCUT2D eigenvalue weighted by atomic mass is 10.1. The molecule has 2 N–H and O–H groups in total. The number of anilines is 2. The molecule has 8 nitrogen and oxygen atoms in total. The molecule has 2 heterocycles. The van der Waals surface area contributed by atoms with E-state index < -0.39 is 16.6 Å². The highest BCUT2D eigenvalue weighted by atomic mass is 35.5. The maximum Gasteiger partial charge on any atom is 0.387 e. The van der Waals surface area contributed by atoms with E-state index in [-0.39, 0.29) is 28.2 Å². The van der Waals surface area contributed by atoms with Crippen LogP contribution in [0.3, 0.4) is 0 Å². The summed E-state index contributed by atoms with van der Waals surface area (Å²) in [6.45, 7) is -2.66. The van der Waals surface area contributed by atoms with Gasteiger partial charge in [-0.05, 0) is 42.9 Å². The summed E-state index contributed by atoms with van der Waals surface area (Å²) in [5.74, 6) is 0.0997. The van der Waals surface area contributed by atoms with Gasteiger partial charge < -0.3 is 20.1 Å². The van der Waals surface area contributed by atoms with Crippen molar-refractivity contribution < 1.29 is 26.7 Å². The second kappa shape index (κ2) is 11.3. The zero-order chi connectivity index (χ0) is 25.2. The molecule has 36 heavy (non-hydrogen) atoms. The zero-order valence-electron chi connectivity index (χ0n) is 19.0. The van der Waals surface area contributed by atoms with E-state index in [2.05, 4.69) is 20.4 Å². The number of fused-ring (bicyclic) bond motifs is 1. The van der Waals surface area contributed by atoms with Crippen LogP contribution in [-0.4, -0.2) is 38.1 Å². The summed E-state index contributed by atoms with van der Waals surface area (Å²) in [5.41, 5.74) is 2.19. The van der Waals surface area contributed by atoms with E-state index in [1.54, 1.807) is 37.4 Å². The number of pyridine rings is 1. The third kappa shape index (κ3) is 5.65. The summed E-state index contributed by atoms with van der Waals surface area (Å²) in [5, 5.41) is 7.03. The summed E-state index contributed by atoms with van der Waals surface area (Å²) in [7, 11) is -0.921. The largest absolute Gasteiger partial charge is 0.481 e. The number of methoxy groups -OCH3 is 1. The van der Waals surface area contributed by atoms with Gasteiger partial charge in [0.15, 0.2) is 5.15 Å². The molecule has 0 fully saturated rings. The van der Waals surface area contributed by atoms with Gasteiger partial charge in [0, 0.05) is 35.9 Å². The zero-order valence-corrected chi connectivity index (χ0v) is 21.4. The SMILES string of the molecule is CNCc1cn(S(=O)(=O)c2cccc(OC(F)F)c2)c2cc(Nc3ccc(OC)nc3Cl)ccc12.Cl. The first kappa shape index (κ1) is 27.5. The molecule has 0 saturated carbocycles. The van der Waals surface area contributed by atoms with Crippen LogP contribution in [-0.2, 0) is 16.6 Å². The highest BCUT2D eigenvalue weighted by Crippen LogP contribution is 2.32. The highest BCUT2D eigenvalue weighted by Gasteiger charge is 2.23. The van der Waals surface area contributed by atoms with Gasteiger partial charge in [-0.2, -0.15) is 13.8 Å². The number of hydrogen-bond acceptors (Lipinski definition) is 7. The van der Waals surface area contributed by atoms with E-state index in [1.165, 1.54) is 31.5 Å². The van der Waals surface area contributed by atoms with Gasteiger partial charge >= 0.3 is 6.61 Å². The molecule has 13 heteroatoms. The second-order valence-electron chi connectivity index (χ2n) is 7.39. The van der Waals surface area contributed by atoms with Gasteiger partial charge in [0.25, 0.3) is 10.0 Å². The average molecular weight is 559 g/mol. The fraction of sp³-hybridized carbons (Fsp3) is 0.174. The van der Waals surface area contributed by atoms with Gasteiger partial charge in [0.1, 0.15) is 5.75 Å². The van der Waals surface area contributed by atoms with Crippen LogP contribution in [0, 0.1) is 0 Å². The molecular formula is C23H22Cl2F2N4O4S. The van der Waals surface area contributed by atoms with E-state index >= 15 is 0 Å². The Labute approximate surface area is 217 Å². The predicted octanol–water partition coefficient (Wildman–Crippen LogP) is 5.42. The van der Waals surface area contributed by atoms with E-state index in [1.807, 2.05) is 0 Å². The summed E-state index contributed by atoms with van der Waals surface area (Å²) < 4.78 is 62.9. The third-order valence-corrected chi connectivity index (χ3v) is 7.08. The molecule has 0 spiro atoms. The predicted molar refractivity (Wildman–Crippen MR) is 137 cm³/mol. The number of ether oxygens (including phenoxy) is 2. The molecule has 0 aliphatic carbocycles. The number of halogens is 4. The fourth-order valence-electron chi connectivity index (χ4n) is 3.58. The Bertz CT molecular complexity index is 1480. The Morgan fingerprint density at radius 1 is 1.14 bits per heavy atom. The smallest absolute Gasteiger partial charge is 0.387 e. The molecule has 0 atom stereocenters. The van der Waals surface area contributed by atoms with Gasteiger partial charge in [-0.25, -0.2) is 12.4 Å². The summed E-state index contributed by atoms with van der Waals surface area (Å²) >= 11 is 6.23. The normalized spacial score (nSPS) is 11.4. The van der Waals surface area contributed by atoms with Crippen molar-refractivity contribution in [1.82, 2.24) is 14.3 Å². The maximum absolute atomic E-state index is 13.5. The molecule has 2 aromatic carbocycles. The molecule has 4 rings (SSSR count). The highest BCUT2D eigenvalue weighted by molar-refractivity contribution is 7.90. The first-order valence-electron chi connectivity index (χ1n) is 10.3. The van der Waals surface area contributed by atoms with Crippen LogP contribution < -0.4 is 20.1 Å². The van der Waals surface area contributed by atoms with Crippen molar-refractivity contribution in [3.63, 3.8) is 0 Å². The molecule has 0 amide bonds. The quantitative estimate of drug-likeness (QED) is 0.265. The van der Waals surface area contributed by atoms with Gasteiger partial charge in [-0.3, -0.25) is 0 Å². The van der Waals surface area contributed by atoms with Gasteiger partial charge in [-0.15, -0.1) is 12.4 Å². The van der Waals surface area contributed by atoms with Gasteiger partial charge in [-0.1, -0.05) is 23.7 Å². The molecule has 0 aliphatic rings. The average Bonchev–Trinajstić information content (AvgIpc) is 3.19. The van der Waals surface area contributed by atoms with Crippen LogP contribution in [0.4, 0.5) is 20.2 Å². The van der Waals surface area contributed by atoms with Crippen molar-refractivity contribution in [2.45, 2.75) is 18.1 Å². The second-order valence-corrected chi connectivity index (χ2v) is 9.56. The number of aromatic nitrogens is 2. The minimum Gasteiger partial charge on any atom is -0.481 e. The van der Waals surface area contributed by atoms with Gasteiger partial charge in [0.05, 0.1) is 23.2 Å². The first-order valence-corrected chi connectivity index (χ1v) is 12.1. The minimum absolute atomic E-state index is 0. The van der Waals surface area contributed by atoms with Crippen molar-refractivity contribution in [2.75, 3.05) is 19.5 Å². The van der Waals surface area contributed by atoms with Crippen LogP contribution in [0.5, 0.6) is 11.6 Å². The van der Waals surface area contributed by atoms with Crippen molar-refractivity contribution in [2.24, 2.45) is 0 Å². The molecule has 192 valence electrons. The fourth-order valence-corrected chi connectivity index (χ4v) is 5.19. The van der Waals surface area contributed by atoms with Crippen LogP contribution in [0.2, 0.25) is 5.15 Å². The Balaban J connectivity index is 0.00000361. The number of benzene rings is 2. The summed E-state index contributed by atoms with van der Waals surface area (Å²) in [6, 6.07) is 13.6. The van der Waals surface area contributed by atoms with Crippen molar-refractivity contribution in [3.8, 4) is 11.6 Å². The maximum atomic E-state index is 13.5. The lowest BCUT2D eigenvalue weighted by molar-refractivity contribution is -0.0499. The first-order chi connectivity index (χ1) is 16.7. The standard InChI is InChI=1S/C23H21ClF2N4O4S.ClH/c1-27-12-14-13-30(35(31,32)17-5-3-4-16(11-17)34-23(25)26)20-10-15(6-7-18(14)20)28-19-8-9-21(33-2)29-22(19)24;/h3-11,13,23,27-28H,12H2,1-2H3;1H. The Morgan fingerprint density at radius 3 is 2.58 bits per heavy atom. The molecular weight excluding hydrogens is 537 g/mol. The lowest BCUT2D eigenvalue weighted by Gasteiger charge is -2.12. The monoisotopic (exact) mass is 558 g/mol. The van der Waals surface area contributed by atoms with Crippen molar-refractivity contribution in [1.29, 1.82) is 0 Å². The lowest BCUT2D eigenvalue weighted by Crippen LogP contribution is -2.13. The molecule has 0 bridgehead atoms. The summed E-state index contributed by atoms with van der Waals surface area (Å²) in [6.07, 6.45) is 1.50. The van der Waals surface area contributed by atoms with Crippen molar-refractivity contribution in [3.05, 3.63) is 71.5 Å². The van der Waals surface area contributed by atoms with Crippen LogP contribution >= 0.6 is 24.0 Å². The van der Waals surface area contributed by atoms with E-state index in [4.69, 9.17) is 16.3 Å². The molecule has 4 aromatic rings. The van der Waals surface area contributed by atoms with E-state index in [0.29, 0.717) is 34.7 Å². The van der Waals surface area contributed by atoms with Crippen LogP contribution in [0.15, 0.2) is 65.7 Å². The number of rotatable bonds is 9. The number of nitrogens with zero attached hydrogens (tertiary/aromatic N) is 2. The molecule has 0 aliphatic heterocycles. The van der Waals surface area contributed by atoms with E-state index in [0.717, 1.165) is 15.6 Å². The topological polar surface area (TPSA) is 94.5 Å². The Hall–Kier alpha value is -3.12. The number of hydrogen-bond donors (Lipinski definition) is 2. The Morgan fingerprint density at radius 2 is 1.92 bits per heavy atom.